The van der Waals surface area contributed by atoms with Crippen LogP contribution in [0.25, 0.3) is 10.2 Å². The third-order valence-corrected chi connectivity index (χ3v) is 8.66. The van der Waals surface area contributed by atoms with Crippen molar-refractivity contribution in [3.63, 3.8) is 0 Å². The Hall–Kier alpha value is -2.81. The van der Waals surface area contributed by atoms with Crippen LogP contribution in [-0.2, 0) is 22.3 Å². The predicted molar refractivity (Wildman–Crippen MR) is 123 cm³/mol. The number of benzene rings is 1. The van der Waals surface area contributed by atoms with Crippen molar-refractivity contribution in [3.05, 3.63) is 58.1 Å². The van der Waals surface area contributed by atoms with Crippen LogP contribution in [0.1, 0.15) is 52.5 Å². The van der Waals surface area contributed by atoms with Crippen molar-refractivity contribution in [1.82, 2.24) is 9.88 Å². The number of aromatic nitrogens is 1. The molecule has 6 rings (SSSR count). The van der Waals surface area contributed by atoms with E-state index < -0.39 is 11.7 Å². The summed E-state index contributed by atoms with van der Waals surface area (Å²) >= 11 is 1.52. The number of rotatable bonds is 6. The molecule has 1 amide bonds. The molecule has 0 saturated heterocycles. The quantitative estimate of drug-likeness (QED) is 0.462. The number of aryl methyl sites for hydroxylation is 1. The number of methoxy groups -OCH3 is 1. The summed E-state index contributed by atoms with van der Waals surface area (Å²) in [6, 6.07) is 6.94. The summed E-state index contributed by atoms with van der Waals surface area (Å²) in [5.41, 5.74) is 0.992. The van der Waals surface area contributed by atoms with Gasteiger partial charge in [-0.2, -0.15) is 13.2 Å². The zero-order valence-corrected chi connectivity index (χ0v) is 19.9. The van der Waals surface area contributed by atoms with Gasteiger partial charge in [0.1, 0.15) is 0 Å². The van der Waals surface area contributed by atoms with E-state index in [0.717, 1.165) is 52.1 Å². The summed E-state index contributed by atoms with van der Waals surface area (Å²) in [4.78, 5) is 26.2. The first-order valence-corrected chi connectivity index (χ1v) is 11.9. The maximum Gasteiger partial charge on any atom is 0.416 e. The molecule has 1 aromatic carbocycles. The summed E-state index contributed by atoms with van der Waals surface area (Å²) < 4.78 is 46.4. The summed E-state index contributed by atoms with van der Waals surface area (Å²) in [6.07, 6.45) is -0.314. The molecule has 0 radical (unpaired) electrons. The van der Waals surface area contributed by atoms with Gasteiger partial charge < -0.3 is 14.6 Å². The molecular formula is C25H25F3N2O3S. The number of fused-ring (bicyclic) bond motifs is 1. The molecule has 5 nitrogen and oxygen atoms in total. The first-order chi connectivity index (χ1) is 16.0. The Morgan fingerprint density at radius 3 is 2.41 bits per heavy atom. The lowest BCUT2D eigenvalue weighted by atomic mass is 9.33. The molecule has 3 fully saturated rings. The highest BCUT2D eigenvalue weighted by Crippen LogP contribution is 2.75. The number of hydrogen-bond acceptors (Lipinski definition) is 4. The fourth-order valence-corrected chi connectivity index (χ4v) is 6.83. The lowest BCUT2D eigenvalue weighted by Gasteiger charge is -2.70. The number of carbonyl (C=O) groups excluding carboxylic acids is 2. The number of ether oxygens (including phenoxy) is 1. The lowest BCUT2D eigenvalue weighted by molar-refractivity contribution is -0.232. The van der Waals surface area contributed by atoms with Gasteiger partial charge in [-0.25, -0.2) is 0 Å². The van der Waals surface area contributed by atoms with Crippen molar-refractivity contribution >= 4 is 33.4 Å². The molecule has 3 aliphatic rings. The van der Waals surface area contributed by atoms with Crippen LogP contribution in [0.5, 0.6) is 0 Å². The number of nitrogens with zero attached hydrogens (tertiary/aromatic N) is 1. The second-order valence-electron chi connectivity index (χ2n) is 9.74. The highest BCUT2D eigenvalue weighted by Gasteiger charge is 2.74. The zero-order chi connectivity index (χ0) is 24.5. The molecule has 34 heavy (non-hydrogen) atoms. The zero-order valence-electron chi connectivity index (χ0n) is 19.1. The number of thiophene rings is 1. The average molecular weight is 491 g/mol. The van der Waals surface area contributed by atoms with Crippen LogP contribution in [-0.4, -0.2) is 29.6 Å². The van der Waals surface area contributed by atoms with Gasteiger partial charge in [-0.1, -0.05) is 12.1 Å². The predicted octanol–water partition coefficient (Wildman–Crippen LogP) is 5.54. The largest absolute Gasteiger partial charge is 0.469 e. The molecule has 9 heteroatoms. The van der Waals surface area contributed by atoms with Gasteiger partial charge in [-0.15, -0.1) is 11.3 Å². The third-order valence-electron chi connectivity index (χ3n) is 7.60. The van der Waals surface area contributed by atoms with Crippen molar-refractivity contribution in [3.8, 4) is 0 Å². The van der Waals surface area contributed by atoms with Gasteiger partial charge in [-0.3, -0.25) is 9.59 Å². The minimum Gasteiger partial charge on any atom is -0.469 e. The van der Waals surface area contributed by atoms with Gasteiger partial charge in [0.05, 0.1) is 33.9 Å². The van der Waals surface area contributed by atoms with Crippen LogP contribution >= 0.6 is 11.3 Å². The third kappa shape index (κ3) is 3.43. The maximum atomic E-state index is 13.3. The second kappa shape index (κ2) is 7.60. The van der Waals surface area contributed by atoms with Crippen molar-refractivity contribution in [2.75, 3.05) is 7.11 Å². The van der Waals surface area contributed by atoms with E-state index >= 15 is 0 Å². The fraction of sp³-hybridized carbons (Fsp3) is 0.440. The molecule has 180 valence electrons. The standard InChI is InChI=1S/C25H25F3N2O3S/c1-14-19(21(31)29-15(2)23-11-24(12-23,13-23)22(32)33-3)20-18(34-14)8-9-30(20)10-16-4-6-17(7-5-16)25(26,27)28/h4-9,15H,10-13H2,1-3H3,(H,29,31). The van der Waals surface area contributed by atoms with Crippen LogP contribution in [0.4, 0.5) is 13.2 Å². The van der Waals surface area contributed by atoms with Crippen molar-refractivity contribution in [1.29, 1.82) is 0 Å². The Kier molecular flexibility index (Phi) is 5.13. The van der Waals surface area contributed by atoms with E-state index in [9.17, 15) is 22.8 Å². The Morgan fingerprint density at radius 2 is 1.82 bits per heavy atom. The molecule has 1 unspecified atom stereocenters. The number of carbonyl (C=O) groups is 2. The van der Waals surface area contributed by atoms with Crippen molar-refractivity contribution in [2.24, 2.45) is 10.8 Å². The number of nitrogens with one attached hydrogen (secondary N) is 1. The van der Waals surface area contributed by atoms with Crippen LogP contribution in [0.2, 0.25) is 0 Å². The van der Waals surface area contributed by atoms with Gasteiger partial charge >= 0.3 is 12.1 Å². The fourth-order valence-electron chi connectivity index (χ4n) is 5.76. The van der Waals surface area contributed by atoms with Gasteiger partial charge in [0.25, 0.3) is 5.91 Å². The lowest BCUT2D eigenvalue weighted by Crippen LogP contribution is -2.71. The topological polar surface area (TPSA) is 60.3 Å². The summed E-state index contributed by atoms with van der Waals surface area (Å²) in [5, 5.41) is 3.15. The molecule has 0 spiro atoms. The van der Waals surface area contributed by atoms with E-state index in [4.69, 9.17) is 4.74 Å². The van der Waals surface area contributed by atoms with Gasteiger partial charge in [0.2, 0.25) is 0 Å². The first-order valence-electron chi connectivity index (χ1n) is 11.1. The smallest absolute Gasteiger partial charge is 0.416 e. The molecule has 2 bridgehead atoms. The minimum absolute atomic E-state index is 0.0604. The summed E-state index contributed by atoms with van der Waals surface area (Å²) in [5.74, 6) is -0.329. The molecule has 3 aromatic rings. The van der Waals surface area contributed by atoms with Crippen molar-refractivity contribution < 1.29 is 27.5 Å². The molecule has 2 heterocycles. The van der Waals surface area contributed by atoms with E-state index in [1.807, 2.05) is 30.7 Å². The Labute approximate surface area is 198 Å². The molecule has 0 aliphatic heterocycles. The van der Waals surface area contributed by atoms with Gasteiger partial charge in [0.15, 0.2) is 0 Å². The van der Waals surface area contributed by atoms with E-state index in [1.54, 1.807) is 0 Å². The molecule has 2 aromatic heterocycles. The normalized spacial score (nSPS) is 24.3. The van der Waals surface area contributed by atoms with E-state index in [-0.39, 0.29) is 28.7 Å². The van der Waals surface area contributed by atoms with Crippen LogP contribution in [0, 0.1) is 17.8 Å². The summed E-state index contributed by atoms with van der Waals surface area (Å²) in [7, 11) is 1.41. The molecular weight excluding hydrogens is 465 g/mol. The Morgan fingerprint density at radius 1 is 1.18 bits per heavy atom. The summed E-state index contributed by atoms with van der Waals surface area (Å²) in [6.45, 7) is 4.25. The van der Waals surface area contributed by atoms with Gasteiger partial charge in [0, 0.05) is 23.7 Å². The van der Waals surface area contributed by atoms with Gasteiger partial charge in [-0.05, 0) is 62.3 Å². The maximum absolute atomic E-state index is 13.3. The highest BCUT2D eigenvalue weighted by molar-refractivity contribution is 7.19. The first kappa shape index (κ1) is 23.0. The van der Waals surface area contributed by atoms with E-state index in [1.165, 1.54) is 30.6 Å². The highest BCUT2D eigenvalue weighted by atomic mass is 32.1. The molecule has 3 saturated carbocycles. The van der Waals surface area contributed by atoms with Crippen LogP contribution in [0.3, 0.4) is 0 Å². The van der Waals surface area contributed by atoms with Crippen molar-refractivity contribution in [2.45, 2.75) is 51.9 Å². The number of halogens is 3. The number of amides is 1. The monoisotopic (exact) mass is 490 g/mol. The van der Waals surface area contributed by atoms with Crippen LogP contribution in [0.15, 0.2) is 36.5 Å². The SMILES string of the molecule is COC(=O)C12CC(C(C)NC(=O)c3c(C)sc4ccn(Cc5ccc(C(F)(F)F)cc5)c34)(C1)C2. The van der Waals surface area contributed by atoms with E-state index in [2.05, 4.69) is 5.32 Å². The average Bonchev–Trinajstić information content (AvgIpc) is 3.23. The minimum atomic E-state index is -4.37. The molecule has 3 aliphatic carbocycles. The Bertz CT molecular complexity index is 1270. The van der Waals surface area contributed by atoms with E-state index in [0.29, 0.717) is 12.1 Å². The second-order valence-corrected chi connectivity index (χ2v) is 11.0. The Balaban J connectivity index is 1.34. The molecule has 1 N–H and O–H groups in total. The number of esters is 1. The number of alkyl halides is 3. The number of hydrogen-bond donors (Lipinski definition) is 1. The van der Waals surface area contributed by atoms with Crippen LogP contribution < -0.4 is 5.32 Å². The molecule has 1 atom stereocenters.